The van der Waals surface area contributed by atoms with Gasteiger partial charge in [0.1, 0.15) is 0 Å². The number of carboxylic acid groups (broad SMARTS) is 2. The summed E-state index contributed by atoms with van der Waals surface area (Å²) in [6, 6.07) is 10.5. The number of aromatic nitrogens is 2. The molecule has 0 aliphatic carbocycles. The largest absolute Gasteiger partial charge is 0.478 e. The highest BCUT2D eigenvalue weighted by molar-refractivity contribution is 7.97. The Hall–Kier alpha value is -2.54. The van der Waals surface area contributed by atoms with Crippen molar-refractivity contribution in [1.82, 2.24) is 9.97 Å². The SMILES string of the molecule is Cc1[nH]cnc1CSCc1ccccc1.O=C(O)/C=C\C(=O)O. The third kappa shape index (κ3) is 8.47. The molecule has 0 radical (unpaired) electrons. The molecule has 0 saturated carbocycles. The molecule has 2 rings (SSSR count). The van der Waals surface area contributed by atoms with Gasteiger partial charge in [0.15, 0.2) is 0 Å². The standard InChI is InChI=1S/C12H14N2S.C4H4O4/c1-10-12(14-9-13-10)8-15-7-11-5-3-2-4-6-11;5-3(6)1-2-4(7)8/h2-6,9H,7-8H2,1H3,(H,13,14);1-2H,(H,5,6)(H,7,8)/b;2-1-. The summed E-state index contributed by atoms with van der Waals surface area (Å²) in [6.07, 6.45) is 2.87. The van der Waals surface area contributed by atoms with Crippen LogP contribution in [0.1, 0.15) is 17.0 Å². The van der Waals surface area contributed by atoms with Crippen LogP contribution in [0.15, 0.2) is 48.8 Å². The minimum Gasteiger partial charge on any atom is -0.478 e. The Kier molecular flexibility index (Phi) is 8.23. The van der Waals surface area contributed by atoms with Crippen molar-refractivity contribution in [2.75, 3.05) is 0 Å². The summed E-state index contributed by atoms with van der Waals surface area (Å²) in [5, 5.41) is 15.6. The number of rotatable bonds is 6. The van der Waals surface area contributed by atoms with Crippen LogP contribution in [0.25, 0.3) is 0 Å². The number of aryl methyl sites for hydroxylation is 1. The Morgan fingerprint density at radius 3 is 2.22 bits per heavy atom. The fourth-order valence-corrected chi connectivity index (χ4v) is 2.53. The minimum atomic E-state index is -1.26. The van der Waals surface area contributed by atoms with Gasteiger partial charge >= 0.3 is 11.9 Å². The molecule has 0 spiro atoms. The lowest BCUT2D eigenvalue weighted by atomic mass is 10.2. The van der Waals surface area contributed by atoms with E-state index in [-0.39, 0.29) is 0 Å². The molecule has 2 aromatic rings. The van der Waals surface area contributed by atoms with Crippen molar-refractivity contribution in [2.24, 2.45) is 0 Å². The summed E-state index contributed by atoms with van der Waals surface area (Å²) in [7, 11) is 0. The first-order chi connectivity index (χ1) is 11.0. The summed E-state index contributed by atoms with van der Waals surface area (Å²) >= 11 is 1.90. The van der Waals surface area contributed by atoms with Crippen LogP contribution in [-0.2, 0) is 21.1 Å². The molecule has 0 fully saturated rings. The van der Waals surface area contributed by atoms with Gasteiger partial charge in [-0.2, -0.15) is 11.8 Å². The Labute approximate surface area is 138 Å². The van der Waals surface area contributed by atoms with Crippen molar-refractivity contribution >= 4 is 23.7 Å². The van der Waals surface area contributed by atoms with Crippen molar-refractivity contribution in [3.8, 4) is 0 Å². The third-order valence-corrected chi connectivity index (χ3v) is 3.67. The predicted molar refractivity (Wildman–Crippen MR) is 89.2 cm³/mol. The third-order valence-electron chi connectivity index (χ3n) is 2.65. The van der Waals surface area contributed by atoms with Gasteiger partial charge in [-0.25, -0.2) is 14.6 Å². The number of aromatic amines is 1. The van der Waals surface area contributed by atoms with E-state index < -0.39 is 11.9 Å². The van der Waals surface area contributed by atoms with Gasteiger partial charge in [-0.15, -0.1) is 0 Å². The van der Waals surface area contributed by atoms with Crippen LogP contribution in [0.5, 0.6) is 0 Å². The maximum Gasteiger partial charge on any atom is 0.328 e. The number of H-pyrrole nitrogens is 1. The molecule has 0 unspecified atom stereocenters. The van der Waals surface area contributed by atoms with Crippen LogP contribution in [0.3, 0.4) is 0 Å². The maximum atomic E-state index is 9.55. The number of benzene rings is 1. The van der Waals surface area contributed by atoms with E-state index >= 15 is 0 Å². The molecule has 23 heavy (non-hydrogen) atoms. The summed E-state index contributed by atoms with van der Waals surface area (Å²) in [5.41, 5.74) is 3.71. The number of carboxylic acids is 2. The number of imidazole rings is 1. The number of nitrogens with one attached hydrogen (secondary N) is 1. The monoisotopic (exact) mass is 334 g/mol. The predicted octanol–water partition coefficient (Wildman–Crippen LogP) is 2.86. The van der Waals surface area contributed by atoms with Crippen LogP contribution < -0.4 is 0 Å². The second-order valence-electron chi connectivity index (χ2n) is 4.46. The lowest BCUT2D eigenvalue weighted by Crippen LogP contribution is -1.91. The van der Waals surface area contributed by atoms with Crippen LogP contribution in [0.4, 0.5) is 0 Å². The van der Waals surface area contributed by atoms with E-state index in [1.165, 1.54) is 11.3 Å². The van der Waals surface area contributed by atoms with Crippen molar-refractivity contribution in [1.29, 1.82) is 0 Å². The Bertz CT molecular complexity index is 637. The Morgan fingerprint density at radius 1 is 1.13 bits per heavy atom. The van der Waals surface area contributed by atoms with E-state index in [0.717, 1.165) is 17.2 Å². The van der Waals surface area contributed by atoms with E-state index in [1.54, 1.807) is 6.33 Å². The van der Waals surface area contributed by atoms with Crippen LogP contribution in [0.2, 0.25) is 0 Å². The molecule has 122 valence electrons. The van der Waals surface area contributed by atoms with Gasteiger partial charge in [0.25, 0.3) is 0 Å². The average molecular weight is 334 g/mol. The van der Waals surface area contributed by atoms with Crippen LogP contribution in [-0.4, -0.2) is 32.1 Å². The molecule has 0 aliphatic heterocycles. The lowest BCUT2D eigenvalue weighted by Gasteiger charge is -2.00. The summed E-state index contributed by atoms with van der Waals surface area (Å²) < 4.78 is 0. The molecule has 3 N–H and O–H groups in total. The smallest absolute Gasteiger partial charge is 0.328 e. The quantitative estimate of drug-likeness (QED) is 0.702. The van der Waals surface area contributed by atoms with Crippen LogP contribution >= 0.6 is 11.8 Å². The summed E-state index contributed by atoms with van der Waals surface area (Å²) in [4.78, 5) is 26.5. The topological polar surface area (TPSA) is 103 Å². The fourth-order valence-electron chi connectivity index (χ4n) is 1.52. The number of thioether (sulfide) groups is 1. The number of hydrogen-bond donors (Lipinski definition) is 3. The van der Waals surface area contributed by atoms with Gasteiger partial charge < -0.3 is 15.2 Å². The number of carbonyl (C=O) groups is 2. The summed E-state index contributed by atoms with van der Waals surface area (Å²) in [6.45, 7) is 2.06. The number of nitrogens with zero attached hydrogens (tertiary/aromatic N) is 1. The first-order valence-electron chi connectivity index (χ1n) is 6.73. The molecule has 6 nitrogen and oxygen atoms in total. The van der Waals surface area contributed by atoms with Gasteiger partial charge in [0, 0.05) is 29.4 Å². The van der Waals surface area contributed by atoms with Gasteiger partial charge in [-0.3, -0.25) is 0 Å². The first-order valence-corrected chi connectivity index (χ1v) is 7.89. The second kappa shape index (κ2) is 10.2. The van der Waals surface area contributed by atoms with Gasteiger partial charge in [0.2, 0.25) is 0 Å². The van der Waals surface area contributed by atoms with E-state index in [0.29, 0.717) is 12.2 Å². The van der Waals surface area contributed by atoms with Gasteiger partial charge in [-0.1, -0.05) is 30.3 Å². The first kappa shape index (κ1) is 18.5. The van der Waals surface area contributed by atoms with Crippen molar-refractivity contribution < 1.29 is 19.8 Å². The molecule has 1 aromatic heterocycles. The Balaban J connectivity index is 0.000000284. The van der Waals surface area contributed by atoms with Crippen molar-refractivity contribution in [3.63, 3.8) is 0 Å². The lowest BCUT2D eigenvalue weighted by molar-refractivity contribution is -0.134. The van der Waals surface area contributed by atoms with Crippen LogP contribution in [0, 0.1) is 6.92 Å². The van der Waals surface area contributed by atoms with Gasteiger partial charge in [-0.05, 0) is 12.5 Å². The molecule has 1 heterocycles. The highest BCUT2D eigenvalue weighted by Crippen LogP contribution is 2.17. The zero-order chi connectivity index (χ0) is 17.1. The molecule has 1 aromatic carbocycles. The van der Waals surface area contributed by atoms with Crippen molar-refractivity contribution in [3.05, 3.63) is 65.8 Å². The Morgan fingerprint density at radius 2 is 1.74 bits per heavy atom. The normalized spacial score (nSPS) is 10.1. The molecular formula is C16H18N2O4S. The van der Waals surface area contributed by atoms with E-state index in [1.807, 2.05) is 17.8 Å². The van der Waals surface area contributed by atoms with E-state index in [2.05, 4.69) is 41.2 Å². The van der Waals surface area contributed by atoms with Gasteiger partial charge in [0.05, 0.1) is 12.0 Å². The highest BCUT2D eigenvalue weighted by Gasteiger charge is 2.00. The second-order valence-corrected chi connectivity index (χ2v) is 5.45. The van der Waals surface area contributed by atoms with E-state index in [4.69, 9.17) is 10.2 Å². The molecule has 0 atom stereocenters. The minimum absolute atomic E-state index is 0.558. The fraction of sp³-hybridized carbons (Fsp3) is 0.188. The molecular weight excluding hydrogens is 316 g/mol. The average Bonchev–Trinajstić information content (AvgIpc) is 2.92. The van der Waals surface area contributed by atoms with E-state index in [9.17, 15) is 9.59 Å². The molecule has 0 amide bonds. The zero-order valence-corrected chi connectivity index (χ0v) is 13.4. The summed E-state index contributed by atoms with van der Waals surface area (Å²) in [5.74, 6) is -0.489. The molecule has 0 bridgehead atoms. The highest BCUT2D eigenvalue weighted by atomic mass is 32.2. The molecule has 0 aliphatic rings. The molecule has 7 heteroatoms. The number of hydrogen-bond acceptors (Lipinski definition) is 4. The number of aliphatic carboxylic acids is 2. The zero-order valence-electron chi connectivity index (χ0n) is 12.6. The maximum absolute atomic E-state index is 9.55. The van der Waals surface area contributed by atoms with Crippen molar-refractivity contribution in [2.45, 2.75) is 18.4 Å². The molecule has 0 saturated heterocycles.